The number of hydrogen-bond donors (Lipinski definition) is 1. The molecule has 2 rings (SSSR count). The topological polar surface area (TPSA) is 24.5 Å². The summed E-state index contributed by atoms with van der Waals surface area (Å²) in [5, 5.41) is 3.73. The molecular weight excluding hydrogens is 260 g/mol. The highest BCUT2D eigenvalue weighted by molar-refractivity contribution is 4.89. The molecule has 0 spiro atoms. The van der Waals surface area contributed by atoms with Crippen molar-refractivity contribution in [3.05, 3.63) is 0 Å². The molecule has 3 nitrogen and oxygen atoms in total. The first kappa shape index (κ1) is 17.2. The Morgan fingerprint density at radius 2 is 1.86 bits per heavy atom. The molecule has 0 aromatic heterocycles. The van der Waals surface area contributed by atoms with Gasteiger partial charge in [0.1, 0.15) is 0 Å². The molecule has 0 amide bonds. The van der Waals surface area contributed by atoms with Crippen molar-refractivity contribution >= 4 is 0 Å². The van der Waals surface area contributed by atoms with E-state index in [1.165, 1.54) is 58.2 Å². The largest absolute Gasteiger partial charge is 0.381 e. The first-order chi connectivity index (χ1) is 10.1. The summed E-state index contributed by atoms with van der Waals surface area (Å²) < 4.78 is 5.48. The first-order valence-electron chi connectivity index (χ1n) is 9.07. The molecule has 1 aliphatic heterocycles. The molecular formula is C18H36N2O. The Morgan fingerprint density at radius 1 is 1.19 bits per heavy atom. The molecule has 1 N–H and O–H groups in total. The van der Waals surface area contributed by atoms with Gasteiger partial charge in [-0.2, -0.15) is 0 Å². The van der Waals surface area contributed by atoms with Crippen molar-refractivity contribution in [3.63, 3.8) is 0 Å². The Kier molecular flexibility index (Phi) is 6.97. The third-order valence-electron chi connectivity index (χ3n) is 5.23. The molecule has 124 valence electrons. The highest BCUT2D eigenvalue weighted by Crippen LogP contribution is 2.38. The summed E-state index contributed by atoms with van der Waals surface area (Å²) in [6.07, 6.45) is 8.18. The minimum absolute atomic E-state index is 0.537. The van der Waals surface area contributed by atoms with Crippen LogP contribution in [-0.2, 0) is 4.74 Å². The monoisotopic (exact) mass is 296 g/mol. The van der Waals surface area contributed by atoms with Crippen LogP contribution < -0.4 is 5.32 Å². The number of rotatable bonds is 8. The number of nitrogens with zero attached hydrogens (tertiary/aromatic N) is 1. The third-order valence-corrected chi connectivity index (χ3v) is 5.23. The summed E-state index contributed by atoms with van der Waals surface area (Å²) in [5.41, 5.74) is 0.537. The number of ether oxygens (including phenoxy) is 1. The van der Waals surface area contributed by atoms with Crippen LogP contribution in [0.4, 0.5) is 0 Å². The van der Waals surface area contributed by atoms with Crippen LogP contribution in [0.1, 0.15) is 52.4 Å². The van der Waals surface area contributed by atoms with Crippen LogP contribution in [0.3, 0.4) is 0 Å². The predicted molar refractivity (Wildman–Crippen MR) is 89.6 cm³/mol. The van der Waals surface area contributed by atoms with Gasteiger partial charge in [-0.3, -0.25) is 0 Å². The minimum Gasteiger partial charge on any atom is -0.381 e. The summed E-state index contributed by atoms with van der Waals surface area (Å²) in [4.78, 5) is 2.61. The third kappa shape index (κ3) is 5.88. The lowest BCUT2D eigenvalue weighted by atomic mass is 9.85. The van der Waals surface area contributed by atoms with Crippen molar-refractivity contribution in [2.75, 3.05) is 46.4 Å². The Balaban J connectivity index is 1.77. The van der Waals surface area contributed by atoms with Gasteiger partial charge in [-0.15, -0.1) is 0 Å². The van der Waals surface area contributed by atoms with E-state index in [0.717, 1.165) is 31.6 Å². The molecule has 0 unspecified atom stereocenters. The molecule has 1 aliphatic carbocycles. The van der Waals surface area contributed by atoms with E-state index < -0.39 is 0 Å². The van der Waals surface area contributed by atoms with Gasteiger partial charge in [0.05, 0.1) is 0 Å². The van der Waals surface area contributed by atoms with Gasteiger partial charge < -0.3 is 15.0 Å². The van der Waals surface area contributed by atoms with Crippen molar-refractivity contribution in [3.8, 4) is 0 Å². The van der Waals surface area contributed by atoms with E-state index in [-0.39, 0.29) is 0 Å². The van der Waals surface area contributed by atoms with Gasteiger partial charge in [-0.25, -0.2) is 0 Å². The minimum atomic E-state index is 0.537. The van der Waals surface area contributed by atoms with Gasteiger partial charge in [-0.05, 0) is 56.5 Å². The maximum atomic E-state index is 5.48. The van der Waals surface area contributed by atoms with Gasteiger partial charge >= 0.3 is 0 Å². The van der Waals surface area contributed by atoms with Gasteiger partial charge in [0.25, 0.3) is 0 Å². The van der Waals surface area contributed by atoms with Crippen molar-refractivity contribution < 1.29 is 4.74 Å². The van der Waals surface area contributed by atoms with Crippen LogP contribution in [0.25, 0.3) is 0 Å². The second-order valence-electron chi connectivity index (χ2n) is 7.98. The maximum Gasteiger partial charge on any atom is 0.0469 e. The van der Waals surface area contributed by atoms with Gasteiger partial charge in [0.2, 0.25) is 0 Å². The van der Waals surface area contributed by atoms with E-state index >= 15 is 0 Å². The van der Waals surface area contributed by atoms with Crippen LogP contribution in [-0.4, -0.2) is 51.3 Å². The van der Waals surface area contributed by atoms with E-state index in [4.69, 9.17) is 4.74 Å². The lowest BCUT2D eigenvalue weighted by molar-refractivity contribution is 0.0494. The molecule has 0 bridgehead atoms. The van der Waals surface area contributed by atoms with Crippen molar-refractivity contribution in [2.45, 2.75) is 52.4 Å². The SMILES string of the molecule is CC(C)CNCC1(CN(C)CC2CCOCC2)CCCC1. The predicted octanol–water partition coefficient (Wildman–Crippen LogP) is 3.15. The Morgan fingerprint density at radius 3 is 2.48 bits per heavy atom. The zero-order chi connectivity index (χ0) is 15.1. The molecule has 1 saturated heterocycles. The molecule has 0 aromatic carbocycles. The summed E-state index contributed by atoms with van der Waals surface area (Å²) in [7, 11) is 2.33. The number of hydrogen-bond acceptors (Lipinski definition) is 3. The molecule has 2 fully saturated rings. The van der Waals surface area contributed by atoms with Crippen molar-refractivity contribution in [1.29, 1.82) is 0 Å². The normalized spacial score (nSPS) is 23.3. The Hall–Kier alpha value is -0.120. The van der Waals surface area contributed by atoms with Gasteiger partial charge in [0.15, 0.2) is 0 Å². The Bertz CT molecular complexity index is 281. The highest BCUT2D eigenvalue weighted by Gasteiger charge is 2.34. The van der Waals surface area contributed by atoms with Crippen LogP contribution in [0.2, 0.25) is 0 Å². The van der Waals surface area contributed by atoms with E-state index in [1.54, 1.807) is 0 Å². The standard InChI is InChI=1S/C18H36N2O/c1-16(2)12-19-14-18(8-4-5-9-18)15-20(3)13-17-6-10-21-11-7-17/h16-17,19H,4-15H2,1-3H3. The fraction of sp³-hybridized carbons (Fsp3) is 1.00. The van der Waals surface area contributed by atoms with Crippen LogP contribution >= 0.6 is 0 Å². The zero-order valence-corrected chi connectivity index (χ0v) is 14.5. The first-order valence-corrected chi connectivity index (χ1v) is 9.07. The van der Waals surface area contributed by atoms with E-state index in [2.05, 4.69) is 31.1 Å². The summed E-state index contributed by atoms with van der Waals surface area (Å²) in [5.74, 6) is 1.61. The summed E-state index contributed by atoms with van der Waals surface area (Å²) in [6.45, 7) is 11.4. The van der Waals surface area contributed by atoms with Crippen molar-refractivity contribution in [1.82, 2.24) is 10.2 Å². The van der Waals surface area contributed by atoms with Gasteiger partial charge in [0, 0.05) is 32.8 Å². The van der Waals surface area contributed by atoms with E-state index in [1.807, 2.05) is 0 Å². The Labute approximate surface area is 131 Å². The maximum absolute atomic E-state index is 5.48. The second kappa shape index (κ2) is 8.50. The van der Waals surface area contributed by atoms with Gasteiger partial charge in [-0.1, -0.05) is 26.7 Å². The molecule has 3 heteroatoms. The van der Waals surface area contributed by atoms with Crippen LogP contribution in [0.5, 0.6) is 0 Å². The van der Waals surface area contributed by atoms with E-state index in [9.17, 15) is 0 Å². The fourth-order valence-corrected chi connectivity index (χ4v) is 4.15. The summed E-state index contributed by atoms with van der Waals surface area (Å²) >= 11 is 0. The molecule has 21 heavy (non-hydrogen) atoms. The average Bonchev–Trinajstić information content (AvgIpc) is 2.87. The quantitative estimate of drug-likeness (QED) is 0.744. The number of nitrogens with one attached hydrogen (secondary N) is 1. The molecule has 0 aromatic rings. The van der Waals surface area contributed by atoms with Crippen LogP contribution in [0, 0.1) is 17.3 Å². The lowest BCUT2D eigenvalue weighted by Crippen LogP contribution is -2.43. The average molecular weight is 296 g/mol. The second-order valence-corrected chi connectivity index (χ2v) is 7.98. The molecule has 0 atom stereocenters. The zero-order valence-electron chi connectivity index (χ0n) is 14.5. The molecule has 2 aliphatic rings. The molecule has 0 radical (unpaired) electrons. The molecule has 1 heterocycles. The fourth-order valence-electron chi connectivity index (χ4n) is 4.15. The summed E-state index contributed by atoms with van der Waals surface area (Å²) in [6, 6.07) is 0. The molecule has 1 saturated carbocycles. The van der Waals surface area contributed by atoms with Crippen molar-refractivity contribution in [2.24, 2.45) is 17.3 Å². The smallest absolute Gasteiger partial charge is 0.0469 e. The van der Waals surface area contributed by atoms with E-state index in [0.29, 0.717) is 5.41 Å². The van der Waals surface area contributed by atoms with Crippen LogP contribution in [0.15, 0.2) is 0 Å². The lowest BCUT2D eigenvalue weighted by Gasteiger charge is -2.36. The highest BCUT2D eigenvalue weighted by atomic mass is 16.5.